The normalized spacial score (nSPS) is 24.8. The molecule has 2 atom stereocenters. The van der Waals surface area contributed by atoms with E-state index in [1.807, 2.05) is 6.07 Å². The van der Waals surface area contributed by atoms with Gasteiger partial charge in [0.15, 0.2) is 0 Å². The second kappa shape index (κ2) is 6.01. The molecule has 1 radical (unpaired) electrons. The average Bonchev–Trinajstić information content (AvgIpc) is 2.41. The van der Waals surface area contributed by atoms with Crippen molar-refractivity contribution in [3.63, 3.8) is 0 Å². The third-order valence-electron chi connectivity index (χ3n) is 3.64. The van der Waals surface area contributed by atoms with Crippen LogP contribution in [0.1, 0.15) is 43.5 Å². The Kier molecular flexibility index (Phi) is 4.37. The van der Waals surface area contributed by atoms with E-state index in [-0.39, 0.29) is 0 Å². The van der Waals surface area contributed by atoms with Crippen molar-refractivity contribution in [3.05, 3.63) is 42.0 Å². The van der Waals surface area contributed by atoms with E-state index >= 15 is 0 Å². The third kappa shape index (κ3) is 3.33. The summed E-state index contributed by atoms with van der Waals surface area (Å²) in [6.45, 7) is 4.45. The maximum Gasteiger partial charge on any atom is 0.373 e. The lowest BCUT2D eigenvalue weighted by Crippen LogP contribution is -2.22. The van der Waals surface area contributed by atoms with E-state index in [0.717, 1.165) is 25.4 Å². The SMILES string of the molecule is CC1CC[C](OOC(=O)c2ccccc2)CC1C. The molecule has 0 bridgehead atoms. The van der Waals surface area contributed by atoms with E-state index in [1.165, 1.54) is 0 Å². The number of carbonyl (C=O) groups excluding carboxylic acids is 1. The van der Waals surface area contributed by atoms with Gasteiger partial charge in [-0.25, -0.2) is 4.79 Å². The summed E-state index contributed by atoms with van der Waals surface area (Å²) < 4.78 is 0. The number of benzene rings is 1. The quantitative estimate of drug-likeness (QED) is 0.602. The maximum atomic E-state index is 11.7. The first-order valence-corrected chi connectivity index (χ1v) is 6.45. The zero-order chi connectivity index (χ0) is 13.0. The summed E-state index contributed by atoms with van der Waals surface area (Å²) in [5.74, 6) is 0.862. The topological polar surface area (TPSA) is 35.5 Å². The van der Waals surface area contributed by atoms with Crippen molar-refractivity contribution in [2.75, 3.05) is 0 Å². The number of carbonyl (C=O) groups is 1. The van der Waals surface area contributed by atoms with Crippen molar-refractivity contribution in [1.29, 1.82) is 0 Å². The Bertz CT molecular complexity index is 388. The second-order valence-electron chi connectivity index (χ2n) is 5.06. The van der Waals surface area contributed by atoms with Crippen LogP contribution in [0.25, 0.3) is 0 Å². The molecule has 3 heteroatoms. The van der Waals surface area contributed by atoms with Crippen LogP contribution < -0.4 is 0 Å². The standard InChI is InChI=1S/C15H19O3/c1-11-8-9-14(10-12(11)2)17-18-15(16)13-6-4-3-5-7-13/h3-7,11-12H,8-10H2,1-2H3. The van der Waals surface area contributed by atoms with Crippen molar-refractivity contribution in [2.45, 2.75) is 33.1 Å². The van der Waals surface area contributed by atoms with Gasteiger partial charge in [0.25, 0.3) is 0 Å². The summed E-state index contributed by atoms with van der Waals surface area (Å²) in [7, 11) is 0. The van der Waals surface area contributed by atoms with Crippen LogP contribution in [-0.4, -0.2) is 5.97 Å². The molecule has 0 aliphatic heterocycles. The lowest BCUT2D eigenvalue weighted by atomic mass is 9.80. The number of rotatable bonds is 3. The van der Waals surface area contributed by atoms with Crippen LogP contribution in [0.5, 0.6) is 0 Å². The van der Waals surface area contributed by atoms with Gasteiger partial charge in [0.05, 0.1) is 5.56 Å². The molecule has 0 aromatic heterocycles. The zero-order valence-electron chi connectivity index (χ0n) is 10.9. The molecule has 1 aromatic carbocycles. The summed E-state index contributed by atoms with van der Waals surface area (Å²) in [5, 5.41) is 0. The van der Waals surface area contributed by atoms with Gasteiger partial charge in [-0.3, -0.25) is 4.89 Å². The van der Waals surface area contributed by atoms with Crippen molar-refractivity contribution in [2.24, 2.45) is 11.8 Å². The predicted molar refractivity (Wildman–Crippen MR) is 68.4 cm³/mol. The fourth-order valence-corrected chi connectivity index (χ4v) is 2.13. The smallest absolute Gasteiger partial charge is 0.292 e. The van der Waals surface area contributed by atoms with Gasteiger partial charge < -0.3 is 0 Å². The minimum absolute atomic E-state index is 0.436. The van der Waals surface area contributed by atoms with Crippen LogP contribution in [0, 0.1) is 17.9 Å². The van der Waals surface area contributed by atoms with Crippen LogP contribution in [0.3, 0.4) is 0 Å². The van der Waals surface area contributed by atoms with Gasteiger partial charge >= 0.3 is 5.97 Å². The fourth-order valence-electron chi connectivity index (χ4n) is 2.13. The Labute approximate surface area is 108 Å². The predicted octanol–water partition coefficient (Wildman–Crippen LogP) is 3.76. The number of hydrogen-bond donors (Lipinski definition) is 0. The van der Waals surface area contributed by atoms with Crippen molar-refractivity contribution >= 4 is 5.97 Å². The van der Waals surface area contributed by atoms with E-state index in [4.69, 9.17) is 9.78 Å². The van der Waals surface area contributed by atoms with Crippen LogP contribution in [-0.2, 0) is 9.78 Å². The molecular formula is C15H19O3. The van der Waals surface area contributed by atoms with Crippen molar-refractivity contribution in [3.8, 4) is 0 Å². The van der Waals surface area contributed by atoms with Crippen LogP contribution in [0.4, 0.5) is 0 Å². The molecule has 1 aliphatic carbocycles. The van der Waals surface area contributed by atoms with Crippen LogP contribution >= 0.6 is 0 Å². The highest BCUT2D eigenvalue weighted by Crippen LogP contribution is 2.35. The molecule has 0 N–H and O–H groups in total. The van der Waals surface area contributed by atoms with Gasteiger partial charge in [-0.15, -0.1) is 0 Å². The van der Waals surface area contributed by atoms with E-state index in [1.54, 1.807) is 24.3 Å². The Morgan fingerprint density at radius 1 is 1.17 bits per heavy atom. The Morgan fingerprint density at radius 3 is 2.56 bits per heavy atom. The summed E-state index contributed by atoms with van der Waals surface area (Å²) in [6.07, 6.45) is 3.74. The van der Waals surface area contributed by atoms with E-state index < -0.39 is 5.97 Å². The summed E-state index contributed by atoms with van der Waals surface area (Å²) in [6, 6.07) is 8.88. The molecule has 0 heterocycles. The average molecular weight is 247 g/mol. The summed E-state index contributed by atoms with van der Waals surface area (Å²) in [5.41, 5.74) is 0.510. The highest BCUT2D eigenvalue weighted by atomic mass is 17.2. The Balaban J connectivity index is 1.80. The first-order chi connectivity index (χ1) is 8.66. The van der Waals surface area contributed by atoms with E-state index in [2.05, 4.69) is 13.8 Å². The largest absolute Gasteiger partial charge is 0.373 e. The molecule has 18 heavy (non-hydrogen) atoms. The minimum Gasteiger partial charge on any atom is -0.292 e. The lowest BCUT2D eigenvalue weighted by molar-refractivity contribution is -0.242. The summed E-state index contributed by atoms with van der Waals surface area (Å²) >= 11 is 0. The van der Waals surface area contributed by atoms with Crippen molar-refractivity contribution in [1.82, 2.24) is 0 Å². The first kappa shape index (κ1) is 13.1. The molecule has 0 saturated heterocycles. The van der Waals surface area contributed by atoms with Gasteiger partial charge in [0, 0.05) is 0 Å². The highest BCUT2D eigenvalue weighted by molar-refractivity contribution is 5.88. The Hall–Kier alpha value is -1.35. The molecule has 1 saturated carbocycles. The molecule has 1 aromatic rings. The fraction of sp³-hybridized carbons (Fsp3) is 0.467. The minimum atomic E-state index is -0.436. The van der Waals surface area contributed by atoms with Gasteiger partial charge in [-0.05, 0) is 43.2 Å². The van der Waals surface area contributed by atoms with E-state index in [9.17, 15) is 4.79 Å². The molecule has 0 spiro atoms. The zero-order valence-corrected chi connectivity index (χ0v) is 10.9. The molecule has 1 aliphatic rings. The Morgan fingerprint density at radius 2 is 1.89 bits per heavy atom. The molecular weight excluding hydrogens is 228 g/mol. The third-order valence-corrected chi connectivity index (χ3v) is 3.64. The second-order valence-corrected chi connectivity index (χ2v) is 5.06. The highest BCUT2D eigenvalue weighted by Gasteiger charge is 2.27. The van der Waals surface area contributed by atoms with Gasteiger partial charge in [-0.1, -0.05) is 32.0 Å². The van der Waals surface area contributed by atoms with Crippen LogP contribution in [0.15, 0.2) is 30.3 Å². The number of hydrogen-bond acceptors (Lipinski definition) is 3. The molecule has 0 amide bonds. The molecule has 2 rings (SSSR count). The lowest BCUT2D eigenvalue weighted by Gasteiger charge is -2.29. The molecule has 1 fully saturated rings. The first-order valence-electron chi connectivity index (χ1n) is 6.45. The van der Waals surface area contributed by atoms with E-state index in [0.29, 0.717) is 17.4 Å². The summed E-state index contributed by atoms with van der Waals surface area (Å²) in [4.78, 5) is 21.7. The molecule has 3 nitrogen and oxygen atoms in total. The molecule has 2 unspecified atom stereocenters. The van der Waals surface area contributed by atoms with Crippen LogP contribution in [0.2, 0.25) is 0 Å². The maximum absolute atomic E-state index is 11.7. The van der Waals surface area contributed by atoms with Gasteiger partial charge in [0.1, 0.15) is 6.10 Å². The van der Waals surface area contributed by atoms with Gasteiger partial charge in [-0.2, -0.15) is 4.89 Å². The van der Waals surface area contributed by atoms with Gasteiger partial charge in [0.2, 0.25) is 0 Å². The van der Waals surface area contributed by atoms with Crippen molar-refractivity contribution < 1.29 is 14.6 Å². The molecule has 97 valence electrons. The monoisotopic (exact) mass is 247 g/mol.